The largest absolute Gasteiger partial charge is 0.447 e. The van der Waals surface area contributed by atoms with E-state index >= 15 is 0 Å². The molecule has 0 fully saturated rings. The smallest absolute Gasteiger partial charge is 0.416 e. The number of halogens is 3. The lowest BCUT2D eigenvalue weighted by Gasteiger charge is -2.25. The third-order valence-electron chi connectivity index (χ3n) is 4.48. The number of nitrogens with zero attached hydrogens (tertiary/aromatic N) is 2. The van der Waals surface area contributed by atoms with Gasteiger partial charge in [0.15, 0.2) is 5.69 Å². The van der Waals surface area contributed by atoms with Crippen molar-refractivity contribution in [2.24, 2.45) is 0 Å². The van der Waals surface area contributed by atoms with Crippen molar-refractivity contribution in [1.82, 2.24) is 15.2 Å². The summed E-state index contributed by atoms with van der Waals surface area (Å²) in [7, 11) is 0. The molecule has 1 aromatic carbocycles. The Bertz CT molecular complexity index is 787. The van der Waals surface area contributed by atoms with Crippen molar-refractivity contribution < 1.29 is 22.4 Å². The Morgan fingerprint density at radius 2 is 1.96 bits per heavy atom. The molecule has 0 spiro atoms. The van der Waals surface area contributed by atoms with Gasteiger partial charge in [-0.2, -0.15) is 13.2 Å². The monoisotopic (exact) mass is 397 g/mol. The van der Waals surface area contributed by atoms with Crippen LogP contribution in [0.25, 0.3) is 0 Å². The number of carbonyl (C=O) groups excluding carboxylic acids is 1. The van der Waals surface area contributed by atoms with E-state index < -0.39 is 11.7 Å². The van der Waals surface area contributed by atoms with Crippen LogP contribution in [0.5, 0.6) is 0 Å². The number of hydrogen-bond donors (Lipinski definition) is 1. The topological polar surface area (TPSA) is 58.4 Å². The average molecular weight is 397 g/mol. The first-order valence-corrected chi connectivity index (χ1v) is 9.25. The lowest BCUT2D eigenvalue weighted by molar-refractivity contribution is -0.137. The number of nitrogens with one attached hydrogen (secondary N) is 1. The molecular weight excluding hydrogens is 371 g/mol. The SMILES string of the molecule is CCC(C)NC(=O)c1coc(CN(Cc2cccc(C(F)(F)F)c2)C(C)C)n1. The van der Waals surface area contributed by atoms with Gasteiger partial charge in [0, 0.05) is 18.6 Å². The quantitative estimate of drug-likeness (QED) is 0.705. The van der Waals surface area contributed by atoms with Crippen molar-refractivity contribution in [1.29, 1.82) is 0 Å². The summed E-state index contributed by atoms with van der Waals surface area (Å²) in [5.41, 5.74) is 0.0664. The van der Waals surface area contributed by atoms with E-state index in [0.29, 0.717) is 18.0 Å². The predicted molar refractivity (Wildman–Crippen MR) is 99.5 cm³/mol. The van der Waals surface area contributed by atoms with Crippen LogP contribution in [0.15, 0.2) is 34.9 Å². The summed E-state index contributed by atoms with van der Waals surface area (Å²) >= 11 is 0. The molecule has 1 aromatic heterocycles. The van der Waals surface area contributed by atoms with E-state index in [1.807, 2.05) is 32.6 Å². The van der Waals surface area contributed by atoms with Crippen LogP contribution in [-0.4, -0.2) is 27.9 Å². The van der Waals surface area contributed by atoms with Crippen molar-refractivity contribution in [3.63, 3.8) is 0 Å². The van der Waals surface area contributed by atoms with E-state index in [2.05, 4.69) is 10.3 Å². The Balaban J connectivity index is 2.09. The van der Waals surface area contributed by atoms with Crippen molar-refractivity contribution in [2.75, 3.05) is 0 Å². The number of amides is 1. The summed E-state index contributed by atoms with van der Waals surface area (Å²) in [6, 6.07) is 5.33. The molecule has 0 saturated heterocycles. The number of rotatable bonds is 8. The molecule has 8 heteroatoms. The predicted octanol–water partition coefficient (Wildman–Crippen LogP) is 4.63. The van der Waals surface area contributed by atoms with Crippen LogP contribution in [0.4, 0.5) is 13.2 Å². The van der Waals surface area contributed by atoms with E-state index in [-0.39, 0.29) is 30.2 Å². The molecule has 28 heavy (non-hydrogen) atoms. The fourth-order valence-corrected chi connectivity index (χ4v) is 2.56. The van der Waals surface area contributed by atoms with E-state index in [4.69, 9.17) is 4.42 Å². The third kappa shape index (κ3) is 6.09. The third-order valence-corrected chi connectivity index (χ3v) is 4.48. The van der Waals surface area contributed by atoms with Crippen LogP contribution in [-0.2, 0) is 19.3 Å². The van der Waals surface area contributed by atoms with Crippen molar-refractivity contribution in [3.8, 4) is 0 Å². The maximum atomic E-state index is 12.9. The summed E-state index contributed by atoms with van der Waals surface area (Å²) in [4.78, 5) is 18.3. The Hall–Kier alpha value is -2.35. The Morgan fingerprint density at radius 3 is 2.57 bits per heavy atom. The Kier molecular flexibility index (Phi) is 7.23. The standard InChI is InChI=1S/C20H26F3N3O2/c1-5-14(4)24-19(27)17-12-28-18(25-17)11-26(13(2)3)10-15-7-6-8-16(9-15)20(21,22)23/h6-9,12-14H,5,10-11H2,1-4H3,(H,24,27). The van der Waals surface area contributed by atoms with Gasteiger partial charge < -0.3 is 9.73 Å². The van der Waals surface area contributed by atoms with Gasteiger partial charge in [-0.15, -0.1) is 0 Å². The molecule has 1 unspecified atom stereocenters. The zero-order chi connectivity index (χ0) is 20.9. The van der Waals surface area contributed by atoms with Crippen molar-refractivity contribution >= 4 is 5.91 Å². The summed E-state index contributed by atoms with van der Waals surface area (Å²) in [6.07, 6.45) is -2.27. The van der Waals surface area contributed by atoms with E-state index in [1.54, 1.807) is 6.07 Å². The normalized spacial score (nSPS) is 13.2. The second-order valence-electron chi connectivity index (χ2n) is 7.11. The molecule has 154 valence electrons. The zero-order valence-corrected chi connectivity index (χ0v) is 16.5. The lowest BCUT2D eigenvalue weighted by Crippen LogP contribution is -2.32. The van der Waals surface area contributed by atoms with E-state index in [0.717, 1.165) is 18.6 Å². The highest BCUT2D eigenvalue weighted by molar-refractivity contribution is 5.92. The average Bonchev–Trinajstić information content (AvgIpc) is 3.09. The number of oxazole rings is 1. The first-order chi connectivity index (χ1) is 13.1. The summed E-state index contributed by atoms with van der Waals surface area (Å²) in [5, 5.41) is 2.81. The van der Waals surface area contributed by atoms with Gasteiger partial charge in [0.1, 0.15) is 6.26 Å². The minimum atomic E-state index is -4.38. The molecule has 1 amide bonds. The van der Waals surface area contributed by atoms with Gasteiger partial charge in [-0.1, -0.05) is 25.1 Å². The van der Waals surface area contributed by atoms with Crippen LogP contribution in [0.3, 0.4) is 0 Å². The molecule has 0 aliphatic rings. The Morgan fingerprint density at radius 1 is 1.25 bits per heavy atom. The maximum absolute atomic E-state index is 12.9. The molecule has 2 aromatic rings. The van der Waals surface area contributed by atoms with Gasteiger partial charge >= 0.3 is 6.18 Å². The van der Waals surface area contributed by atoms with Gasteiger partial charge in [0.05, 0.1) is 12.1 Å². The first-order valence-electron chi connectivity index (χ1n) is 9.25. The number of alkyl halides is 3. The molecule has 5 nitrogen and oxygen atoms in total. The van der Waals surface area contributed by atoms with Crippen LogP contribution < -0.4 is 5.32 Å². The molecule has 0 saturated carbocycles. The fraction of sp³-hybridized carbons (Fsp3) is 0.500. The molecule has 1 N–H and O–H groups in total. The van der Waals surface area contributed by atoms with Crippen molar-refractivity contribution in [2.45, 2.75) is 65.5 Å². The molecular formula is C20H26F3N3O2. The van der Waals surface area contributed by atoms with Crippen molar-refractivity contribution in [3.05, 3.63) is 53.2 Å². The highest BCUT2D eigenvalue weighted by atomic mass is 19.4. The van der Waals surface area contributed by atoms with Gasteiger partial charge in [0.25, 0.3) is 5.91 Å². The number of carbonyl (C=O) groups is 1. The maximum Gasteiger partial charge on any atom is 0.416 e. The highest BCUT2D eigenvalue weighted by Gasteiger charge is 2.30. The highest BCUT2D eigenvalue weighted by Crippen LogP contribution is 2.30. The number of aromatic nitrogens is 1. The minimum Gasteiger partial charge on any atom is -0.447 e. The second kappa shape index (κ2) is 9.23. The van der Waals surface area contributed by atoms with Crippen LogP contribution in [0, 0.1) is 0 Å². The van der Waals surface area contributed by atoms with Crippen LogP contribution >= 0.6 is 0 Å². The molecule has 0 aliphatic heterocycles. The molecule has 0 aliphatic carbocycles. The number of hydrogen-bond acceptors (Lipinski definition) is 4. The van der Waals surface area contributed by atoms with Crippen LogP contribution in [0.1, 0.15) is 61.6 Å². The fourth-order valence-electron chi connectivity index (χ4n) is 2.56. The first kappa shape index (κ1) is 21.9. The van der Waals surface area contributed by atoms with Gasteiger partial charge in [0.2, 0.25) is 5.89 Å². The minimum absolute atomic E-state index is 0.0284. The molecule has 1 heterocycles. The molecule has 0 radical (unpaired) electrons. The van der Waals surface area contributed by atoms with E-state index in [9.17, 15) is 18.0 Å². The molecule has 1 atom stereocenters. The van der Waals surface area contributed by atoms with Crippen LogP contribution in [0.2, 0.25) is 0 Å². The van der Waals surface area contributed by atoms with Gasteiger partial charge in [-0.25, -0.2) is 4.98 Å². The number of benzene rings is 1. The second-order valence-corrected chi connectivity index (χ2v) is 7.11. The Labute approximate surface area is 162 Å². The van der Waals surface area contributed by atoms with Gasteiger partial charge in [-0.05, 0) is 38.8 Å². The summed E-state index contributed by atoms with van der Waals surface area (Å²) in [5.74, 6) is 0.0355. The van der Waals surface area contributed by atoms with E-state index in [1.165, 1.54) is 12.3 Å². The summed E-state index contributed by atoms with van der Waals surface area (Å²) in [6.45, 7) is 8.32. The zero-order valence-electron chi connectivity index (χ0n) is 16.5. The lowest BCUT2D eigenvalue weighted by atomic mass is 10.1. The van der Waals surface area contributed by atoms with Gasteiger partial charge in [-0.3, -0.25) is 9.69 Å². The molecule has 2 rings (SSSR count). The molecule has 0 bridgehead atoms. The summed E-state index contributed by atoms with van der Waals surface area (Å²) < 4.78 is 44.2.